The van der Waals surface area contributed by atoms with Crippen molar-refractivity contribution >= 4 is 48.5 Å². The van der Waals surface area contributed by atoms with E-state index in [9.17, 15) is 34.8 Å². The van der Waals surface area contributed by atoms with E-state index >= 15 is 0 Å². The summed E-state index contributed by atoms with van der Waals surface area (Å²) in [6.45, 7) is -0.139. The number of aromatic nitrogens is 1. The first-order chi connectivity index (χ1) is 18.2. The number of H-pyrrole nitrogens is 1. The van der Waals surface area contributed by atoms with E-state index < -0.39 is 48.6 Å². The molecule has 3 aromatic rings. The molecule has 3 N–H and O–H groups in total. The van der Waals surface area contributed by atoms with Gasteiger partial charge in [0.05, 0.1) is 10.5 Å². The van der Waals surface area contributed by atoms with E-state index in [2.05, 4.69) is 4.98 Å². The molecule has 0 atom stereocenters. The van der Waals surface area contributed by atoms with Crippen molar-refractivity contribution in [2.45, 2.75) is 53.7 Å². The van der Waals surface area contributed by atoms with Gasteiger partial charge in [0, 0.05) is 41.1 Å². The molecular weight excluding hydrogens is 581 g/mol. The topological polar surface area (TPSA) is 134 Å². The van der Waals surface area contributed by atoms with Gasteiger partial charge >= 0.3 is 6.18 Å². The van der Waals surface area contributed by atoms with Gasteiger partial charge in [-0.3, -0.25) is 4.79 Å². The van der Waals surface area contributed by atoms with Crippen molar-refractivity contribution in [3.05, 3.63) is 58.7 Å². The highest BCUT2D eigenvalue weighted by Gasteiger charge is 2.45. The molecule has 15 heteroatoms. The third-order valence-electron chi connectivity index (χ3n) is 6.98. The van der Waals surface area contributed by atoms with Gasteiger partial charge in [-0.15, -0.1) is 0 Å². The standard InChI is InChI=1S/C24H24ClF3N4O5S2/c25-15-4-7-20-19(13-15)22(21(30-20)23(29)33)39(36,37)31-10-8-17(9-11-31)32(16-5-6-16)38(34,35)18-3-1-2-14(12-18)24(26,27)28/h1-4,7,12-13,16-17,30H,5-6,8-11H2,(H2,29,33). The van der Waals surface area contributed by atoms with Gasteiger partial charge in [-0.1, -0.05) is 17.7 Å². The minimum Gasteiger partial charge on any atom is -0.364 e. The molecule has 210 valence electrons. The Balaban J connectivity index is 1.42. The maximum absolute atomic E-state index is 13.7. The Hall–Kier alpha value is -2.65. The van der Waals surface area contributed by atoms with Crippen LogP contribution in [0.15, 0.2) is 52.3 Å². The smallest absolute Gasteiger partial charge is 0.364 e. The number of alkyl halides is 3. The van der Waals surface area contributed by atoms with Crippen LogP contribution in [0.2, 0.25) is 5.02 Å². The third kappa shape index (κ3) is 5.15. The van der Waals surface area contributed by atoms with Crippen LogP contribution in [0.4, 0.5) is 13.2 Å². The molecule has 1 aliphatic heterocycles. The SMILES string of the molecule is NC(=O)c1[nH]c2ccc(Cl)cc2c1S(=O)(=O)N1CCC(N(C2CC2)S(=O)(=O)c2cccc(C(F)(F)F)c2)CC1. The molecule has 0 unspecified atom stereocenters. The van der Waals surface area contributed by atoms with Crippen LogP contribution in [-0.4, -0.2) is 61.5 Å². The number of primary amides is 1. The fourth-order valence-electron chi connectivity index (χ4n) is 5.02. The number of hydrogen-bond acceptors (Lipinski definition) is 5. The first-order valence-electron chi connectivity index (χ1n) is 12.0. The Morgan fingerprint density at radius 1 is 1.00 bits per heavy atom. The molecule has 1 saturated carbocycles. The Bertz CT molecular complexity index is 1660. The highest BCUT2D eigenvalue weighted by Crippen LogP contribution is 2.39. The van der Waals surface area contributed by atoms with Gasteiger partial charge in [0.1, 0.15) is 10.6 Å². The summed E-state index contributed by atoms with van der Waals surface area (Å²) in [6, 6.07) is 7.11. The van der Waals surface area contributed by atoms with Gasteiger partial charge in [-0.25, -0.2) is 16.8 Å². The van der Waals surface area contributed by atoms with E-state index in [-0.39, 0.29) is 53.0 Å². The molecule has 5 rings (SSSR count). The zero-order valence-corrected chi connectivity index (χ0v) is 22.7. The predicted molar refractivity (Wildman–Crippen MR) is 137 cm³/mol. The van der Waals surface area contributed by atoms with Gasteiger partial charge in [0.25, 0.3) is 5.91 Å². The molecule has 2 heterocycles. The number of amides is 1. The zero-order chi connectivity index (χ0) is 28.3. The molecule has 2 fully saturated rings. The second-order valence-corrected chi connectivity index (χ2v) is 13.8. The summed E-state index contributed by atoms with van der Waals surface area (Å²) in [7, 11) is -8.53. The number of halogens is 4. The van der Waals surface area contributed by atoms with Gasteiger partial charge < -0.3 is 10.7 Å². The first-order valence-corrected chi connectivity index (χ1v) is 15.3. The summed E-state index contributed by atoms with van der Waals surface area (Å²) in [4.78, 5) is 14.1. The lowest BCUT2D eigenvalue weighted by molar-refractivity contribution is -0.137. The number of piperidine rings is 1. The number of benzene rings is 2. The van der Waals surface area contributed by atoms with Crippen LogP contribution in [0.1, 0.15) is 41.7 Å². The monoisotopic (exact) mass is 604 g/mol. The molecule has 1 saturated heterocycles. The number of aromatic amines is 1. The molecule has 0 radical (unpaired) electrons. The maximum atomic E-state index is 13.7. The number of fused-ring (bicyclic) bond motifs is 1. The average Bonchev–Trinajstić information content (AvgIpc) is 3.61. The molecular formula is C24H24ClF3N4O5S2. The average molecular weight is 605 g/mol. The predicted octanol–water partition coefficient (Wildman–Crippen LogP) is 3.95. The molecule has 39 heavy (non-hydrogen) atoms. The summed E-state index contributed by atoms with van der Waals surface area (Å²) < 4.78 is 96.5. The lowest BCUT2D eigenvalue weighted by atomic mass is 10.1. The number of carbonyl (C=O) groups is 1. The zero-order valence-electron chi connectivity index (χ0n) is 20.3. The highest BCUT2D eigenvalue weighted by molar-refractivity contribution is 7.89. The van der Waals surface area contributed by atoms with Crippen molar-refractivity contribution in [3.8, 4) is 0 Å². The molecule has 1 aromatic heterocycles. The molecule has 1 amide bonds. The third-order valence-corrected chi connectivity index (χ3v) is 11.2. The Morgan fingerprint density at radius 3 is 2.23 bits per heavy atom. The molecule has 0 spiro atoms. The van der Waals surface area contributed by atoms with Crippen LogP contribution in [0.5, 0.6) is 0 Å². The summed E-state index contributed by atoms with van der Waals surface area (Å²) in [5.74, 6) is -0.970. The fraction of sp³-hybridized carbons (Fsp3) is 0.375. The van der Waals surface area contributed by atoms with Gasteiger partial charge in [-0.2, -0.15) is 21.8 Å². The summed E-state index contributed by atoms with van der Waals surface area (Å²) in [5.41, 5.74) is 4.45. The van der Waals surface area contributed by atoms with Crippen LogP contribution in [0, 0.1) is 0 Å². The van der Waals surface area contributed by atoms with Gasteiger partial charge in [0.15, 0.2) is 0 Å². The Labute approximate surface area is 227 Å². The van der Waals surface area contributed by atoms with Gasteiger partial charge in [0.2, 0.25) is 20.0 Å². The van der Waals surface area contributed by atoms with E-state index in [1.54, 1.807) is 0 Å². The normalized spacial score (nSPS) is 18.2. The second-order valence-electron chi connectivity index (χ2n) is 9.61. The maximum Gasteiger partial charge on any atom is 0.416 e. The van der Waals surface area contributed by atoms with Crippen LogP contribution in [0.25, 0.3) is 10.9 Å². The van der Waals surface area contributed by atoms with E-state index in [1.165, 1.54) is 22.5 Å². The molecule has 2 aromatic carbocycles. The van der Waals surface area contributed by atoms with Crippen LogP contribution in [-0.2, 0) is 26.2 Å². The van der Waals surface area contributed by atoms with Crippen molar-refractivity contribution in [1.82, 2.24) is 13.6 Å². The van der Waals surface area contributed by atoms with Gasteiger partial charge in [-0.05, 0) is 62.1 Å². The minimum absolute atomic E-state index is 0.0697. The molecule has 0 bridgehead atoms. The summed E-state index contributed by atoms with van der Waals surface area (Å²) in [6.07, 6.45) is -3.35. The van der Waals surface area contributed by atoms with E-state index in [0.717, 1.165) is 22.5 Å². The molecule has 9 nitrogen and oxygen atoms in total. The lowest BCUT2D eigenvalue weighted by Gasteiger charge is -2.37. The van der Waals surface area contributed by atoms with Crippen LogP contribution >= 0.6 is 11.6 Å². The summed E-state index contributed by atoms with van der Waals surface area (Å²) in [5, 5.41) is 0.456. The first kappa shape index (κ1) is 27.9. The number of nitrogens with two attached hydrogens (primary N) is 1. The largest absolute Gasteiger partial charge is 0.416 e. The minimum atomic E-state index is -4.70. The Kier molecular flexibility index (Phi) is 6.99. The molecule has 1 aliphatic carbocycles. The molecule has 2 aliphatic rings. The van der Waals surface area contributed by atoms with Crippen molar-refractivity contribution in [3.63, 3.8) is 0 Å². The van der Waals surface area contributed by atoms with Crippen molar-refractivity contribution < 1.29 is 34.8 Å². The number of sulfonamides is 2. The van der Waals surface area contributed by atoms with Crippen molar-refractivity contribution in [1.29, 1.82) is 0 Å². The van der Waals surface area contributed by atoms with Crippen molar-refractivity contribution in [2.24, 2.45) is 5.73 Å². The fourth-order valence-corrected chi connectivity index (χ4v) is 8.98. The van der Waals surface area contributed by atoms with Crippen molar-refractivity contribution in [2.75, 3.05) is 13.1 Å². The number of nitrogens with one attached hydrogen (secondary N) is 1. The van der Waals surface area contributed by atoms with Crippen LogP contribution in [0.3, 0.4) is 0 Å². The lowest BCUT2D eigenvalue weighted by Crippen LogP contribution is -2.49. The van der Waals surface area contributed by atoms with E-state index in [4.69, 9.17) is 17.3 Å². The quantitative estimate of drug-likeness (QED) is 0.421. The number of hydrogen-bond donors (Lipinski definition) is 2. The number of rotatable bonds is 7. The van der Waals surface area contributed by atoms with E-state index in [0.29, 0.717) is 24.4 Å². The number of nitrogens with zero attached hydrogens (tertiary/aromatic N) is 2. The van der Waals surface area contributed by atoms with E-state index in [1.807, 2.05) is 0 Å². The highest BCUT2D eigenvalue weighted by atomic mass is 35.5. The summed E-state index contributed by atoms with van der Waals surface area (Å²) >= 11 is 6.07. The van der Waals surface area contributed by atoms with Crippen LogP contribution < -0.4 is 5.73 Å². The second kappa shape index (κ2) is 9.77. The Morgan fingerprint density at radius 2 is 1.64 bits per heavy atom. The number of carbonyl (C=O) groups excluding carboxylic acids is 1.